The van der Waals surface area contributed by atoms with E-state index in [0.717, 1.165) is 0 Å². The Morgan fingerprint density at radius 1 is 1.10 bits per heavy atom. The van der Waals surface area contributed by atoms with Gasteiger partial charge < -0.3 is 9.47 Å². The quantitative estimate of drug-likeness (QED) is 0.756. The van der Waals surface area contributed by atoms with E-state index >= 15 is 0 Å². The molecule has 0 aliphatic rings. The van der Waals surface area contributed by atoms with Gasteiger partial charge in [0.25, 0.3) is 0 Å². The van der Waals surface area contributed by atoms with Crippen LogP contribution in [0.3, 0.4) is 0 Å². The summed E-state index contributed by atoms with van der Waals surface area (Å²) < 4.78 is 23.3. The van der Waals surface area contributed by atoms with Crippen molar-refractivity contribution in [2.75, 3.05) is 13.7 Å². The highest BCUT2D eigenvalue weighted by Crippen LogP contribution is 2.19. The zero-order valence-electron chi connectivity index (χ0n) is 11.1. The molecule has 2 aromatic carbocycles. The van der Waals surface area contributed by atoms with Crippen LogP contribution in [0, 0.1) is 5.82 Å². The van der Waals surface area contributed by atoms with Gasteiger partial charge >= 0.3 is 0 Å². The Bertz CT molecular complexity index is 579. The summed E-state index contributed by atoms with van der Waals surface area (Å²) in [6.45, 7) is 0.267. The molecule has 0 saturated heterocycles. The Morgan fingerprint density at radius 3 is 2.50 bits per heavy atom. The maximum absolute atomic E-state index is 12.7. The maximum atomic E-state index is 12.7. The van der Waals surface area contributed by atoms with Crippen molar-refractivity contribution in [3.63, 3.8) is 0 Å². The summed E-state index contributed by atoms with van der Waals surface area (Å²) in [6.07, 6.45) is 0.239. The lowest BCUT2D eigenvalue weighted by Crippen LogP contribution is -2.06. The summed E-state index contributed by atoms with van der Waals surface area (Å²) in [4.78, 5) is 11.8. The number of carbonyl (C=O) groups excluding carboxylic acids is 1. The van der Waals surface area contributed by atoms with Gasteiger partial charge in [-0.1, -0.05) is 6.07 Å². The van der Waals surface area contributed by atoms with Gasteiger partial charge in [0.1, 0.15) is 17.3 Å². The largest absolute Gasteiger partial charge is 0.497 e. The van der Waals surface area contributed by atoms with Crippen molar-refractivity contribution in [2.45, 2.75) is 6.42 Å². The number of Topliss-reactive ketones (excluding diaryl/α,β-unsaturated/α-hetero) is 1. The second kappa shape index (κ2) is 6.70. The number of carbonyl (C=O) groups is 1. The highest BCUT2D eigenvalue weighted by Gasteiger charge is 2.06. The molecule has 0 saturated carbocycles. The fourth-order valence-corrected chi connectivity index (χ4v) is 1.73. The molecule has 2 rings (SSSR count). The molecule has 0 unspecified atom stereocenters. The first-order valence-corrected chi connectivity index (χ1v) is 6.24. The Labute approximate surface area is 117 Å². The molecule has 2 aromatic rings. The van der Waals surface area contributed by atoms with E-state index in [-0.39, 0.29) is 24.6 Å². The molecule has 0 aliphatic carbocycles. The third kappa shape index (κ3) is 3.82. The number of ether oxygens (including phenoxy) is 2. The molecular formula is C16H15FO3. The number of hydrogen-bond donors (Lipinski definition) is 0. The van der Waals surface area contributed by atoms with Gasteiger partial charge in [0, 0.05) is 18.1 Å². The molecule has 0 amide bonds. The van der Waals surface area contributed by atoms with Crippen molar-refractivity contribution in [1.29, 1.82) is 0 Å². The Hall–Kier alpha value is -2.36. The summed E-state index contributed by atoms with van der Waals surface area (Å²) >= 11 is 0. The number of ketones is 1. The first-order chi connectivity index (χ1) is 9.69. The molecule has 20 heavy (non-hydrogen) atoms. The summed E-state index contributed by atoms with van der Waals surface area (Å²) in [7, 11) is 1.58. The van der Waals surface area contributed by atoms with E-state index in [0.29, 0.717) is 17.1 Å². The molecule has 0 aromatic heterocycles. The van der Waals surface area contributed by atoms with Crippen LogP contribution in [0.2, 0.25) is 0 Å². The number of halogens is 1. The molecule has 104 valence electrons. The van der Waals surface area contributed by atoms with Crippen LogP contribution in [-0.2, 0) is 0 Å². The van der Waals surface area contributed by atoms with Gasteiger partial charge in [-0.2, -0.15) is 0 Å². The van der Waals surface area contributed by atoms with Crippen molar-refractivity contribution in [2.24, 2.45) is 0 Å². The first-order valence-electron chi connectivity index (χ1n) is 6.24. The minimum absolute atomic E-state index is 0.0760. The smallest absolute Gasteiger partial charge is 0.166 e. The molecule has 3 nitrogen and oxygen atoms in total. The zero-order valence-corrected chi connectivity index (χ0v) is 11.1. The molecule has 0 N–H and O–H groups in total. The van der Waals surface area contributed by atoms with E-state index in [1.807, 2.05) is 12.1 Å². The molecule has 4 heteroatoms. The monoisotopic (exact) mass is 274 g/mol. The van der Waals surface area contributed by atoms with Crippen molar-refractivity contribution >= 4 is 5.78 Å². The zero-order chi connectivity index (χ0) is 14.4. The minimum Gasteiger partial charge on any atom is -0.497 e. The predicted molar refractivity (Wildman–Crippen MR) is 73.8 cm³/mol. The Kier molecular flexibility index (Phi) is 4.71. The van der Waals surface area contributed by atoms with Gasteiger partial charge in [0.2, 0.25) is 0 Å². The van der Waals surface area contributed by atoms with Crippen molar-refractivity contribution in [1.82, 2.24) is 0 Å². The van der Waals surface area contributed by atoms with Crippen LogP contribution < -0.4 is 9.47 Å². The molecule has 0 aliphatic heterocycles. The lowest BCUT2D eigenvalue weighted by molar-refractivity contribution is 0.0962. The fraction of sp³-hybridized carbons (Fsp3) is 0.188. The second-order valence-corrected chi connectivity index (χ2v) is 4.21. The van der Waals surface area contributed by atoms with Crippen LogP contribution in [0.25, 0.3) is 0 Å². The Balaban J connectivity index is 1.86. The number of methoxy groups -OCH3 is 1. The third-order valence-corrected chi connectivity index (χ3v) is 2.81. The molecular weight excluding hydrogens is 259 g/mol. The van der Waals surface area contributed by atoms with Crippen LogP contribution in [0.15, 0.2) is 48.5 Å². The lowest BCUT2D eigenvalue weighted by atomic mass is 10.1. The third-order valence-electron chi connectivity index (χ3n) is 2.81. The average Bonchev–Trinajstić information content (AvgIpc) is 2.48. The van der Waals surface area contributed by atoms with Gasteiger partial charge in [0.05, 0.1) is 13.7 Å². The summed E-state index contributed by atoms with van der Waals surface area (Å²) in [5.74, 6) is 0.922. The molecule has 0 bridgehead atoms. The van der Waals surface area contributed by atoms with Gasteiger partial charge in [0.15, 0.2) is 5.78 Å². The molecule has 0 atom stereocenters. The summed E-state index contributed by atoms with van der Waals surface area (Å²) in [5.41, 5.74) is 0.487. The lowest BCUT2D eigenvalue weighted by Gasteiger charge is -2.07. The van der Waals surface area contributed by atoms with Crippen molar-refractivity contribution in [3.05, 3.63) is 59.9 Å². The SMILES string of the molecule is COc1cccc(OCCC(=O)c2ccc(F)cc2)c1. The molecule has 0 fully saturated rings. The van der Waals surface area contributed by atoms with E-state index in [1.54, 1.807) is 19.2 Å². The Morgan fingerprint density at radius 2 is 1.80 bits per heavy atom. The van der Waals surface area contributed by atoms with Gasteiger partial charge in [-0.15, -0.1) is 0 Å². The van der Waals surface area contributed by atoms with E-state index < -0.39 is 0 Å². The van der Waals surface area contributed by atoms with E-state index in [4.69, 9.17) is 9.47 Å². The minimum atomic E-state index is -0.353. The molecule has 0 spiro atoms. The summed E-state index contributed by atoms with van der Waals surface area (Å²) in [6, 6.07) is 12.7. The molecule has 0 heterocycles. The number of hydrogen-bond acceptors (Lipinski definition) is 3. The van der Waals surface area contributed by atoms with Crippen LogP contribution >= 0.6 is 0 Å². The van der Waals surface area contributed by atoms with Gasteiger partial charge in [-0.05, 0) is 36.4 Å². The normalized spacial score (nSPS) is 10.1. The topological polar surface area (TPSA) is 35.5 Å². The highest BCUT2D eigenvalue weighted by atomic mass is 19.1. The molecule has 0 radical (unpaired) electrons. The summed E-state index contributed by atoms with van der Waals surface area (Å²) in [5, 5.41) is 0. The number of rotatable bonds is 6. The standard InChI is InChI=1S/C16H15FO3/c1-19-14-3-2-4-15(11-14)20-10-9-16(18)12-5-7-13(17)8-6-12/h2-8,11H,9-10H2,1H3. The van der Waals surface area contributed by atoms with E-state index in [2.05, 4.69) is 0 Å². The fourth-order valence-electron chi connectivity index (χ4n) is 1.73. The predicted octanol–water partition coefficient (Wildman–Crippen LogP) is 3.49. The van der Waals surface area contributed by atoms with E-state index in [9.17, 15) is 9.18 Å². The number of benzene rings is 2. The van der Waals surface area contributed by atoms with Crippen LogP contribution in [0.5, 0.6) is 11.5 Å². The van der Waals surface area contributed by atoms with Crippen LogP contribution in [0.4, 0.5) is 4.39 Å². The van der Waals surface area contributed by atoms with E-state index in [1.165, 1.54) is 24.3 Å². The highest BCUT2D eigenvalue weighted by molar-refractivity contribution is 5.96. The van der Waals surface area contributed by atoms with Crippen LogP contribution in [-0.4, -0.2) is 19.5 Å². The van der Waals surface area contributed by atoms with Crippen molar-refractivity contribution < 1.29 is 18.7 Å². The first kappa shape index (κ1) is 14.1. The van der Waals surface area contributed by atoms with Gasteiger partial charge in [-0.3, -0.25) is 4.79 Å². The van der Waals surface area contributed by atoms with Crippen molar-refractivity contribution in [3.8, 4) is 11.5 Å². The maximum Gasteiger partial charge on any atom is 0.166 e. The van der Waals surface area contributed by atoms with Gasteiger partial charge in [-0.25, -0.2) is 4.39 Å². The average molecular weight is 274 g/mol. The van der Waals surface area contributed by atoms with Crippen LogP contribution in [0.1, 0.15) is 16.8 Å². The second-order valence-electron chi connectivity index (χ2n) is 4.21.